The molecule has 0 unspecified atom stereocenters. The Bertz CT molecular complexity index is 316. The number of hydrogen-bond donors (Lipinski definition) is 2. The van der Waals surface area contributed by atoms with Gasteiger partial charge in [-0.05, 0) is 53.0 Å². The van der Waals surface area contributed by atoms with Gasteiger partial charge in [0.25, 0.3) is 0 Å². The average Bonchev–Trinajstić information content (AvgIpc) is 1.96. The average molecular weight is 296 g/mol. The maximum atomic E-state index is 12.7. The molecule has 0 bridgehead atoms. The Labute approximate surface area is 88.5 Å². The molecule has 1 aromatic rings. The highest BCUT2D eigenvalue weighted by atomic mass is 127. The molecule has 64 valence electrons. The maximum absolute atomic E-state index is 12.7. The minimum absolute atomic E-state index is 0.138. The molecule has 3 N–H and O–H groups in total. The van der Waals surface area contributed by atoms with E-state index in [1.807, 2.05) is 0 Å². The molecular formula is C7H6FIN2S. The van der Waals surface area contributed by atoms with Crippen molar-refractivity contribution < 1.29 is 4.39 Å². The second-order valence-corrected chi connectivity index (χ2v) is 3.72. The highest BCUT2D eigenvalue weighted by molar-refractivity contribution is 14.1. The molecule has 0 aliphatic heterocycles. The van der Waals surface area contributed by atoms with Gasteiger partial charge in [-0.15, -0.1) is 0 Å². The molecule has 0 amide bonds. The van der Waals surface area contributed by atoms with E-state index in [0.29, 0.717) is 5.69 Å². The lowest BCUT2D eigenvalue weighted by atomic mass is 10.3. The molecule has 5 heteroatoms. The summed E-state index contributed by atoms with van der Waals surface area (Å²) in [6, 6.07) is 4.38. The lowest BCUT2D eigenvalue weighted by Crippen LogP contribution is -2.19. The summed E-state index contributed by atoms with van der Waals surface area (Å²) in [5, 5.41) is 2.81. The van der Waals surface area contributed by atoms with Crippen LogP contribution in [0, 0.1) is 9.39 Å². The van der Waals surface area contributed by atoms with E-state index in [1.54, 1.807) is 6.07 Å². The molecule has 0 saturated heterocycles. The summed E-state index contributed by atoms with van der Waals surface area (Å²) in [5.74, 6) is -0.311. The first-order chi connectivity index (χ1) is 5.59. The summed E-state index contributed by atoms with van der Waals surface area (Å²) in [6.07, 6.45) is 0. The first-order valence-corrected chi connectivity index (χ1v) is 4.60. The van der Waals surface area contributed by atoms with Crippen molar-refractivity contribution in [3.63, 3.8) is 0 Å². The normalized spacial score (nSPS) is 9.50. The van der Waals surface area contributed by atoms with E-state index in [4.69, 9.17) is 5.73 Å². The van der Waals surface area contributed by atoms with Crippen molar-refractivity contribution in [1.82, 2.24) is 0 Å². The number of anilines is 1. The number of nitrogens with two attached hydrogens (primary N) is 1. The summed E-state index contributed by atoms with van der Waals surface area (Å²) in [4.78, 5) is 0. The molecular weight excluding hydrogens is 290 g/mol. The van der Waals surface area contributed by atoms with Crippen LogP contribution < -0.4 is 11.1 Å². The molecule has 0 heterocycles. The van der Waals surface area contributed by atoms with Gasteiger partial charge >= 0.3 is 0 Å². The summed E-state index contributed by atoms with van der Waals surface area (Å²) in [5.41, 5.74) is 5.84. The Kier molecular flexibility index (Phi) is 3.21. The Morgan fingerprint density at radius 1 is 1.58 bits per heavy atom. The van der Waals surface area contributed by atoms with Crippen LogP contribution in [0.1, 0.15) is 0 Å². The lowest BCUT2D eigenvalue weighted by molar-refractivity contribution is 0.628. The second kappa shape index (κ2) is 3.99. The van der Waals surface area contributed by atoms with Crippen LogP contribution in [0.5, 0.6) is 0 Å². The molecule has 12 heavy (non-hydrogen) atoms. The molecule has 1 aromatic carbocycles. The van der Waals surface area contributed by atoms with Crippen molar-refractivity contribution in [2.75, 3.05) is 5.32 Å². The number of nitrogens with one attached hydrogen (secondary N) is 1. The standard InChI is InChI=1S/C7H6FIN2S/c8-4-1-2-5(9)6(3-4)11-7(10)12/h1-3H,(H3,10,11,12). The van der Waals surface area contributed by atoms with E-state index in [-0.39, 0.29) is 10.9 Å². The van der Waals surface area contributed by atoms with Crippen LogP contribution in [-0.2, 0) is 0 Å². The Morgan fingerprint density at radius 2 is 2.25 bits per heavy atom. The smallest absolute Gasteiger partial charge is 0.168 e. The minimum Gasteiger partial charge on any atom is -0.376 e. The van der Waals surface area contributed by atoms with Crippen LogP contribution in [0.15, 0.2) is 18.2 Å². The van der Waals surface area contributed by atoms with Gasteiger partial charge < -0.3 is 11.1 Å². The Morgan fingerprint density at radius 3 is 2.83 bits per heavy atom. The summed E-state index contributed by atoms with van der Waals surface area (Å²) in [6.45, 7) is 0. The van der Waals surface area contributed by atoms with Crippen molar-refractivity contribution in [1.29, 1.82) is 0 Å². The third-order valence-corrected chi connectivity index (χ3v) is 2.23. The van der Waals surface area contributed by atoms with Gasteiger partial charge in [0, 0.05) is 3.57 Å². The predicted octanol–water partition coefficient (Wildman–Crippen LogP) is 2.09. The van der Waals surface area contributed by atoms with E-state index >= 15 is 0 Å². The SMILES string of the molecule is NC(=S)Nc1cc(F)ccc1I. The van der Waals surface area contributed by atoms with Gasteiger partial charge in [-0.25, -0.2) is 4.39 Å². The zero-order valence-corrected chi connectivity index (χ0v) is 8.95. The van der Waals surface area contributed by atoms with Gasteiger partial charge in [0.1, 0.15) is 5.82 Å². The second-order valence-electron chi connectivity index (χ2n) is 2.11. The van der Waals surface area contributed by atoms with E-state index in [9.17, 15) is 4.39 Å². The highest BCUT2D eigenvalue weighted by Crippen LogP contribution is 2.18. The fourth-order valence-corrected chi connectivity index (χ4v) is 1.31. The molecule has 0 aliphatic carbocycles. The molecule has 1 rings (SSSR count). The monoisotopic (exact) mass is 296 g/mol. The number of halogens is 2. The number of benzene rings is 1. The van der Waals surface area contributed by atoms with Crippen LogP contribution in [0.25, 0.3) is 0 Å². The number of thiocarbonyl (C=S) groups is 1. The van der Waals surface area contributed by atoms with Crippen molar-refractivity contribution in [2.45, 2.75) is 0 Å². The fraction of sp³-hybridized carbons (Fsp3) is 0. The molecule has 0 fully saturated rings. The van der Waals surface area contributed by atoms with E-state index in [2.05, 4.69) is 40.1 Å². The van der Waals surface area contributed by atoms with Gasteiger partial charge in [-0.2, -0.15) is 0 Å². The molecule has 0 aliphatic rings. The Balaban J connectivity index is 2.97. The van der Waals surface area contributed by atoms with E-state index in [1.165, 1.54) is 12.1 Å². The van der Waals surface area contributed by atoms with Crippen molar-refractivity contribution in [3.8, 4) is 0 Å². The Hall–Kier alpha value is -0.430. The van der Waals surface area contributed by atoms with Crippen molar-refractivity contribution in [2.24, 2.45) is 5.73 Å². The lowest BCUT2D eigenvalue weighted by Gasteiger charge is -2.05. The summed E-state index contributed by atoms with van der Waals surface area (Å²) in [7, 11) is 0. The third kappa shape index (κ3) is 2.56. The van der Waals surface area contributed by atoms with Crippen LogP contribution in [0.3, 0.4) is 0 Å². The van der Waals surface area contributed by atoms with E-state index in [0.717, 1.165) is 3.57 Å². The van der Waals surface area contributed by atoms with Crippen molar-refractivity contribution >= 4 is 45.6 Å². The summed E-state index contributed by atoms with van der Waals surface area (Å²) < 4.78 is 13.5. The molecule has 0 aromatic heterocycles. The first kappa shape index (κ1) is 9.66. The molecule has 0 spiro atoms. The van der Waals surface area contributed by atoms with Crippen LogP contribution in [-0.4, -0.2) is 5.11 Å². The van der Waals surface area contributed by atoms with Gasteiger partial charge in [0.2, 0.25) is 0 Å². The maximum Gasteiger partial charge on any atom is 0.168 e. The highest BCUT2D eigenvalue weighted by Gasteiger charge is 2.00. The topological polar surface area (TPSA) is 38.0 Å². The summed E-state index contributed by atoms with van der Waals surface area (Å²) >= 11 is 6.69. The van der Waals surface area contributed by atoms with Crippen LogP contribution in [0.4, 0.5) is 10.1 Å². The zero-order chi connectivity index (χ0) is 9.14. The fourth-order valence-electron chi connectivity index (χ4n) is 0.726. The van der Waals surface area contributed by atoms with Crippen molar-refractivity contribution in [3.05, 3.63) is 27.6 Å². The molecule has 2 nitrogen and oxygen atoms in total. The van der Waals surface area contributed by atoms with Crippen LogP contribution in [0.2, 0.25) is 0 Å². The first-order valence-electron chi connectivity index (χ1n) is 3.11. The van der Waals surface area contributed by atoms with Crippen LogP contribution >= 0.6 is 34.8 Å². The quantitative estimate of drug-likeness (QED) is 0.615. The third-order valence-electron chi connectivity index (χ3n) is 1.19. The minimum atomic E-state index is -0.311. The van der Waals surface area contributed by atoms with Gasteiger partial charge in [0.15, 0.2) is 5.11 Å². The molecule has 0 atom stereocenters. The molecule has 0 saturated carbocycles. The largest absolute Gasteiger partial charge is 0.376 e. The van der Waals surface area contributed by atoms with E-state index < -0.39 is 0 Å². The van der Waals surface area contributed by atoms with Gasteiger partial charge in [-0.1, -0.05) is 0 Å². The number of rotatable bonds is 1. The van der Waals surface area contributed by atoms with Gasteiger partial charge in [-0.3, -0.25) is 0 Å². The zero-order valence-electron chi connectivity index (χ0n) is 5.97. The molecule has 0 radical (unpaired) electrons. The van der Waals surface area contributed by atoms with Gasteiger partial charge in [0.05, 0.1) is 5.69 Å². The predicted molar refractivity (Wildman–Crippen MR) is 59.5 cm³/mol. The number of hydrogen-bond acceptors (Lipinski definition) is 1.